The molecule has 1 atom stereocenters. The molecular weight excluding hydrogens is 310 g/mol. The van der Waals surface area contributed by atoms with E-state index in [1.54, 1.807) is 18.2 Å². The van der Waals surface area contributed by atoms with Crippen molar-refractivity contribution in [1.82, 2.24) is 4.90 Å². The van der Waals surface area contributed by atoms with Gasteiger partial charge in [0.1, 0.15) is 0 Å². The Kier molecular flexibility index (Phi) is 4.10. The molecule has 1 aromatic carbocycles. The summed E-state index contributed by atoms with van der Waals surface area (Å²) in [4.78, 5) is 2.48. The first kappa shape index (κ1) is 15.0. The third-order valence-corrected chi connectivity index (χ3v) is 6.04. The number of sulfone groups is 1. The summed E-state index contributed by atoms with van der Waals surface area (Å²) in [5.74, 6) is 0.118. The molecule has 1 aromatic rings. The third kappa shape index (κ3) is 3.01. The highest BCUT2D eigenvalue weighted by Crippen LogP contribution is 2.38. The van der Waals surface area contributed by atoms with Crippen LogP contribution in [0.15, 0.2) is 34.7 Å². The summed E-state index contributed by atoms with van der Waals surface area (Å²) < 4.78 is 30.0. The fourth-order valence-corrected chi connectivity index (χ4v) is 5.00. The molecule has 0 unspecified atom stereocenters. The molecule has 0 aromatic heterocycles. The standard InChI is InChI=1S/C15H18ClNO3S/c1-17(8-11-3-2-6-20-9-11)14-10-21(18,19)15-5-4-12(16)7-13(14)15/h3-5,7,14H,2,6,8-10H2,1H3/t14-/m1/s1. The topological polar surface area (TPSA) is 46.6 Å². The number of hydrogen-bond donors (Lipinski definition) is 0. The van der Waals surface area contributed by atoms with Gasteiger partial charge in [-0.15, -0.1) is 0 Å². The molecule has 2 aliphatic heterocycles. The second-order valence-electron chi connectivity index (χ2n) is 5.60. The second-order valence-corrected chi connectivity index (χ2v) is 8.04. The fraction of sp³-hybridized carbons (Fsp3) is 0.467. The van der Waals surface area contributed by atoms with Crippen molar-refractivity contribution in [1.29, 1.82) is 0 Å². The number of fused-ring (bicyclic) bond motifs is 1. The van der Waals surface area contributed by atoms with E-state index in [1.165, 1.54) is 5.57 Å². The smallest absolute Gasteiger partial charge is 0.180 e. The van der Waals surface area contributed by atoms with Crippen molar-refractivity contribution >= 4 is 21.4 Å². The average Bonchev–Trinajstić information content (AvgIpc) is 2.71. The summed E-state index contributed by atoms with van der Waals surface area (Å²) in [6.45, 7) is 2.11. The van der Waals surface area contributed by atoms with Crippen LogP contribution >= 0.6 is 11.6 Å². The summed E-state index contributed by atoms with van der Waals surface area (Å²) in [5, 5.41) is 0.574. The zero-order valence-electron chi connectivity index (χ0n) is 11.9. The predicted octanol–water partition coefficient (Wildman–Crippen LogP) is 2.45. The van der Waals surface area contributed by atoms with Gasteiger partial charge in [0.15, 0.2) is 9.84 Å². The fourth-order valence-electron chi connectivity index (χ4n) is 2.96. The summed E-state index contributed by atoms with van der Waals surface area (Å²) in [5.41, 5.74) is 2.01. The SMILES string of the molecule is CN(CC1=CCCOC1)[C@@H]1CS(=O)(=O)c2ccc(Cl)cc21. The Morgan fingerprint density at radius 3 is 2.95 bits per heavy atom. The minimum absolute atomic E-state index is 0.118. The molecule has 4 nitrogen and oxygen atoms in total. The first-order chi connectivity index (χ1) is 9.97. The number of rotatable bonds is 3. The lowest BCUT2D eigenvalue weighted by Gasteiger charge is -2.26. The zero-order chi connectivity index (χ0) is 15.0. The van der Waals surface area contributed by atoms with Crippen LogP contribution in [0.4, 0.5) is 0 Å². The summed E-state index contributed by atoms with van der Waals surface area (Å²) >= 11 is 6.03. The molecule has 0 radical (unpaired) electrons. The quantitative estimate of drug-likeness (QED) is 0.800. The highest BCUT2D eigenvalue weighted by molar-refractivity contribution is 7.91. The number of nitrogens with zero attached hydrogens (tertiary/aromatic N) is 1. The molecule has 6 heteroatoms. The van der Waals surface area contributed by atoms with E-state index >= 15 is 0 Å². The molecule has 0 aliphatic carbocycles. The molecule has 0 N–H and O–H groups in total. The van der Waals surface area contributed by atoms with Gasteiger partial charge in [0, 0.05) is 11.6 Å². The Hall–Kier alpha value is -0.880. The molecule has 0 saturated carbocycles. The van der Waals surface area contributed by atoms with E-state index in [9.17, 15) is 8.42 Å². The monoisotopic (exact) mass is 327 g/mol. The van der Waals surface area contributed by atoms with Crippen LogP contribution in [0.3, 0.4) is 0 Å². The van der Waals surface area contributed by atoms with Gasteiger partial charge in [-0.25, -0.2) is 8.42 Å². The molecule has 3 rings (SSSR count). The Morgan fingerprint density at radius 2 is 2.24 bits per heavy atom. The molecule has 0 amide bonds. The zero-order valence-corrected chi connectivity index (χ0v) is 13.5. The van der Waals surface area contributed by atoms with Crippen molar-refractivity contribution in [3.05, 3.63) is 40.4 Å². The maximum atomic E-state index is 12.3. The highest BCUT2D eigenvalue weighted by Gasteiger charge is 2.37. The maximum Gasteiger partial charge on any atom is 0.180 e. The van der Waals surface area contributed by atoms with Gasteiger partial charge < -0.3 is 4.74 Å². The molecule has 21 heavy (non-hydrogen) atoms. The van der Waals surface area contributed by atoms with Gasteiger partial charge in [0.25, 0.3) is 0 Å². The molecule has 0 spiro atoms. The van der Waals surface area contributed by atoms with Gasteiger partial charge in [0.05, 0.1) is 29.9 Å². The predicted molar refractivity (Wildman–Crippen MR) is 82.4 cm³/mol. The van der Waals surface area contributed by atoms with E-state index in [-0.39, 0.29) is 11.8 Å². The van der Waals surface area contributed by atoms with E-state index in [0.717, 1.165) is 18.6 Å². The molecule has 0 saturated heterocycles. The van der Waals surface area contributed by atoms with Crippen LogP contribution in [0, 0.1) is 0 Å². The van der Waals surface area contributed by atoms with Crippen LogP contribution in [0.1, 0.15) is 18.0 Å². The average molecular weight is 328 g/mol. The lowest BCUT2D eigenvalue weighted by atomic mass is 10.1. The molecule has 2 aliphatic rings. The van der Waals surface area contributed by atoms with Gasteiger partial charge in [-0.2, -0.15) is 0 Å². The molecule has 0 bridgehead atoms. The van der Waals surface area contributed by atoms with Crippen LogP contribution in [-0.2, 0) is 14.6 Å². The minimum Gasteiger partial charge on any atom is -0.377 e. The molecule has 2 heterocycles. The second kappa shape index (κ2) is 5.72. The minimum atomic E-state index is -3.21. The van der Waals surface area contributed by atoms with Crippen LogP contribution in [0.2, 0.25) is 5.02 Å². The van der Waals surface area contributed by atoms with Crippen molar-refractivity contribution in [3.8, 4) is 0 Å². The Morgan fingerprint density at radius 1 is 1.43 bits per heavy atom. The van der Waals surface area contributed by atoms with Crippen LogP contribution in [0.25, 0.3) is 0 Å². The summed E-state index contributed by atoms with van der Waals surface area (Å²) in [6.07, 6.45) is 3.11. The van der Waals surface area contributed by atoms with Crippen LogP contribution in [-0.4, -0.2) is 45.9 Å². The number of likely N-dealkylation sites (N-methyl/N-ethyl adjacent to an activating group) is 1. The molecule has 114 valence electrons. The van der Waals surface area contributed by atoms with Gasteiger partial charge in [-0.3, -0.25) is 4.90 Å². The molecule has 0 fully saturated rings. The van der Waals surface area contributed by atoms with Crippen molar-refractivity contribution < 1.29 is 13.2 Å². The first-order valence-corrected chi connectivity index (χ1v) is 8.98. The van der Waals surface area contributed by atoms with E-state index in [2.05, 4.69) is 11.0 Å². The van der Waals surface area contributed by atoms with Crippen LogP contribution < -0.4 is 0 Å². The third-order valence-electron chi connectivity index (χ3n) is 4.01. The van der Waals surface area contributed by atoms with Crippen molar-refractivity contribution in [2.75, 3.05) is 32.6 Å². The largest absolute Gasteiger partial charge is 0.377 e. The first-order valence-electron chi connectivity index (χ1n) is 6.95. The summed E-state index contributed by atoms with van der Waals surface area (Å²) in [6, 6.07) is 4.88. The van der Waals surface area contributed by atoms with Gasteiger partial charge >= 0.3 is 0 Å². The van der Waals surface area contributed by atoms with Gasteiger partial charge in [0.2, 0.25) is 0 Å². The Bertz CT molecular complexity index is 684. The summed E-state index contributed by atoms with van der Waals surface area (Å²) in [7, 11) is -1.26. The number of halogens is 1. The lowest BCUT2D eigenvalue weighted by molar-refractivity contribution is 0.141. The maximum absolute atomic E-state index is 12.3. The van der Waals surface area contributed by atoms with Crippen molar-refractivity contribution in [2.24, 2.45) is 0 Å². The van der Waals surface area contributed by atoms with Crippen molar-refractivity contribution in [3.63, 3.8) is 0 Å². The van der Waals surface area contributed by atoms with Crippen LogP contribution in [0.5, 0.6) is 0 Å². The molecular formula is C15H18ClNO3S. The Balaban J connectivity index is 1.87. The lowest BCUT2D eigenvalue weighted by Crippen LogP contribution is -2.29. The van der Waals surface area contributed by atoms with Crippen molar-refractivity contribution in [2.45, 2.75) is 17.4 Å². The normalized spacial score (nSPS) is 24.0. The van der Waals surface area contributed by atoms with Gasteiger partial charge in [-0.1, -0.05) is 17.7 Å². The number of hydrogen-bond acceptors (Lipinski definition) is 4. The van der Waals surface area contributed by atoms with E-state index in [4.69, 9.17) is 16.3 Å². The van der Waals surface area contributed by atoms with E-state index in [1.807, 2.05) is 7.05 Å². The highest BCUT2D eigenvalue weighted by atomic mass is 35.5. The van der Waals surface area contributed by atoms with E-state index < -0.39 is 9.84 Å². The Labute approximate surface area is 130 Å². The van der Waals surface area contributed by atoms with Gasteiger partial charge in [-0.05, 0) is 42.8 Å². The number of ether oxygens (including phenoxy) is 1. The number of benzene rings is 1. The van der Waals surface area contributed by atoms with E-state index in [0.29, 0.717) is 23.1 Å².